The van der Waals surface area contributed by atoms with Gasteiger partial charge in [-0.2, -0.15) is 0 Å². The number of aromatic nitrogens is 2. The van der Waals surface area contributed by atoms with Gasteiger partial charge in [-0.15, -0.1) is 0 Å². The van der Waals surface area contributed by atoms with E-state index in [1.807, 2.05) is 26.0 Å². The molecule has 0 spiro atoms. The van der Waals surface area contributed by atoms with Gasteiger partial charge in [0.1, 0.15) is 24.0 Å². The smallest absolute Gasteiger partial charge is 0.289 e. The van der Waals surface area contributed by atoms with Crippen molar-refractivity contribution in [1.82, 2.24) is 15.3 Å². The quantitative estimate of drug-likeness (QED) is 0.870. The second-order valence-electron chi connectivity index (χ2n) is 7.14. The number of nitrogens with one attached hydrogen (secondary N) is 1. The number of anilines is 1. The number of fused-ring (bicyclic) bond motifs is 2. The van der Waals surface area contributed by atoms with Crippen molar-refractivity contribution in [2.24, 2.45) is 0 Å². The van der Waals surface area contributed by atoms with Gasteiger partial charge in [0.25, 0.3) is 11.8 Å². The first-order chi connectivity index (χ1) is 13.4. The fraction of sp³-hybridized carbons (Fsp3) is 0.400. The summed E-state index contributed by atoms with van der Waals surface area (Å²) >= 11 is 0. The fourth-order valence-electron chi connectivity index (χ4n) is 3.43. The van der Waals surface area contributed by atoms with E-state index >= 15 is 0 Å². The Bertz CT molecular complexity index is 948. The SMILES string of the molecule is CCC1(C)OCc2cnc(C(=O)N[C@H]3COc4ccccc4N(C)C3=O)nc21. The van der Waals surface area contributed by atoms with Gasteiger partial charge >= 0.3 is 0 Å². The third-order valence-electron chi connectivity index (χ3n) is 5.36. The van der Waals surface area contributed by atoms with Crippen LogP contribution in [0.5, 0.6) is 5.75 Å². The minimum Gasteiger partial charge on any atom is -0.489 e. The van der Waals surface area contributed by atoms with Crippen molar-refractivity contribution in [3.05, 3.63) is 47.5 Å². The maximum absolute atomic E-state index is 12.8. The van der Waals surface area contributed by atoms with E-state index in [1.165, 1.54) is 4.90 Å². The summed E-state index contributed by atoms with van der Waals surface area (Å²) in [4.78, 5) is 35.6. The predicted molar refractivity (Wildman–Crippen MR) is 101 cm³/mol. The lowest BCUT2D eigenvalue weighted by Crippen LogP contribution is -2.49. The Hall–Kier alpha value is -3.00. The van der Waals surface area contributed by atoms with Crippen LogP contribution in [-0.2, 0) is 21.7 Å². The maximum Gasteiger partial charge on any atom is 0.289 e. The van der Waals surface area contributed by atoms with Crippen LogP contribution in [-0.4, -0.2) is 41.5 Å². The molecule has 8 nitrogen and oxygen atoms in total. The molecule has 1 unspecified atom stereocenters. The second kappa shape index (κ2) is 6.87. The van der Waals surface area contributed by atoms with Gasteiger partial charge in [0.2, 0.25) is 5.82 Å². The van der Waals surface area contributed by atoms with Crippen LogP contribution in [0.3, 0.4) is 0 Å². The lowest BCUT2D eigenvalue weighted by molar-refractivity contribution is -0.120. The lowest BCUT2D eigenvalue weighted by Gasteiger charge is -2.22. The van der Waals surface area contributed by atoms with E-state index < -0.39 is 17.6 Å². The molecule has 2 amide bonds. The number of hydrogen-bond acceptors (Lipinski definition) is 6. The van der Waals surface area contributed by atoms with Gasteiger partial charge in [-0.3, -0.25) is 9.59 Å². The molecule has 2 aliphatic heterocycles. The molecular weight excluding hydrogens is 360 g/mol. The Labute approximate surface area is 162 Å². The second-order valence-corrected chi connectivity index (χ2v) is 7.14. The molecule has 0 fully saturated rings. The number of ether oxygens (including phenoxy) is 2. The van der Waals surface area contributed by atoms with E-state index in [4.69, 9.17) is 9.47 Å². The van der Waals surface area contributed by atoms with Gasteiger partial charge in [-0.05, 0) is 25.5 Å². The normalized spacial score (nSPS) is 23.5. The molecule has 1 aromatic heterocycles. The van der Waals surface area contributed by atoms with Gasteiger partial charge in [-0.25, -0.2) is 9.97 Å². The number of hydrogen-bond donors (Lipinski definition) is 1. The fourth-order valence-corrected chi connectivity index (χ4v) is 3.43. The third kappa shape index (κ3) is 2.99. The Morgan fingerprint density at radius 3 is 2.96 bits per heavy atom. The summed E-state index contributed by atoms with van der Waals surface area (Å²) in [7, 11) is 1.66. The number of amides is 2. The molecule has 8 heteroatoms. The minimum atomic E-state index is -0.837. The number of carbonyl (C=O) groups is 2. The average Bonchev–Trinajstić information content (AvgIpc) is 3.01. The molecule has 2 aromatic rings. The standard InChI is InChI=1S/C20H22N4O4/c1-4-20(2)16-12(10-28-20)9-21-17(23-16)18(25)22-13-11-27-15-8-6-5-7-14(15)24(3)19(13)26/h5-9,13H,4,10-11H2,1-3H3,(H,22,25)/t13-,20?/m0/s1. The first-order valence-electron chi connectivity index (χ1n) is 9.23. The minimum absolute atomic E-state index is 0.0149. The molecule has 3 heterocycles. The average molecular weight is 382 g/mol. The van der Waals surface area contributed by atoms with E-state index in [0.717, 1.165) is 17.7 Å². The van der Waals surface area contributed by atoms with Gasteiger partial charge in [-0.1, -0.05) is 19.1 Å². The molecular formula is C20H22N4O4. The highest BCUT2D eigenvalue weighted by Gasteiger charge is 2.37. The Kier molecular flexibility index (Phi) is 4.50. The first-order valence-corrected chi connectivity index (χ1v) is 9.23. The van der Waals surface area contributed by atoms with Crippen LogP contribution in [0.2, 0.25) is 0 Å². The summed E-state index contributed by atoms with van der Waals surface area (Å²) < 4.78 is 11.5. The van der Waals surface area contributed by atoms with E-state index in [-0.39, 0.29) is 18.3 Å². The molecule has 0 aliphatic carbocycles. The van der Waals surface area contributed by atoms with Gasteiger partial charge in [0.05, 0.1) is 18.0 Å². The number of rotatable bonds is 3. The zero-order chi connectivity index (χ0) is 19.9. The van der Waals surface area contributed by atoms with Crippen molar-refractivity contribution in [3.8, 4) is 5.75 Å². The number of para-hydroxylation sites is 2. The molecule has 1 aromatic carbocycles. The molecule has 1 N–H and O–H groups in total. The van der Waals surface area contributed by atoms with Crippen LogP contribution in [0, 0.1) is 0 Å². The molecule has 2 atom stereocenters. The molecule has 0 radical (unpaired) electrons. The maximum atomic E-state index is 12.8. The van der Waals surface area contributed by atoms with Crippen molar-refractivity contribution < 1.29 is 19.1 Å². The summed E-state index contributed by atoms with van der Waals surface area (Å²) in [6.45, 7) is 4.42. The van der Waals surface area contributed by atoms with Crippen LogP contribution in [0.4, 0.5) is 5.69 Å². The molecule has 0 saturated heterocycles. The van der Waals surface area contributed by atoms with Gasteiger partial charge in [0, 0.05) is 18.8 Å². The predicted octanol–water partition coefficient (Wildman–Crippen LogP) is 1.79. The van der Waals surface area contributed by atoms with E-state index in [2.05, 4.69) is 15.3 Å². The summed E-state index contributed by atoms with van der Waals surface area (Å²) in [5.74, 6) is -0.170. The van der Waals surface area contributed by atoms with Crippen LogP contribution in [0.25, 0.3) is 0 Å². The number of likely N-dealkylation sites (N-methyl/N-ethyl adjacent to an activating group) is 1. The van der Waals surface area contributed by atoms with E-state index in [1.54, 1.807) is 25.4 Å². The van der Waals surface area contributed by atoms with Crippen LogP contribution >= 0.6 is 0 Å². The molecule has 146 valence electrons. The molecule has 0 saturated carbocycles. The Balaban J connectivity index is 1.55. The van der Waals surface area contributed by atoms with Crippen molar-refractivity contribution in [1.29, 1.82) is 0 Å². The van der Waals surface area contributed by atoms with Crippen molar-refractivity contribution >= 4 is 17.5 Å². The molecule has 2 aliphatic rings. The van der Waals surface area contributed by atoms with E-state index in [0.29, 0.717) is 18.0 Å². The lowest BCUT2D eigenvalue weighted by atomic mass is 9.98. The van der Waals surface area contributed by atoms with Crippen molar-refractivity contribution in [2.45, 2.75) is 38.5 Å². The zero-order valence-electron chi connectivity index (χ0n) is 16.1. The topological polar surface area (TPSA) is 93.7 Å². The van der Waals surface area contributed by atoms with E-state index in [9.17, 15) is 9.59 Å². The summed E-state index contributed by atoms with van der Waals surface area (Å²) in [5.41, 5.74) is 1.73. The van der Waals surface area contributed by atoms with Crippen molar-refractivity contribution in [2.75, 3.05) is 18.6 Å². The highest BCUT2D eigenvalue weighted by Crippen LogP contribution is 2.37. The highest BCUT2D eigenvalue weighted by atomic mass is 16.5. The molecule has 4 rings (SSSR count). The zero-order valence-corrected chi connectivity index (χ0v) is 16.1. The van der Waals surface area contributed by atoms with Gasteiger partial charge in [0.15, 0.2) is 0 Å². The molecule has 28 heavy (non-hydrogen) atoms. The first kappa shape index (κ1) is 18.4. The Morgan fingerprint density at radius 1 is 1.39 bits per heavy atom. The third-order valence-corrected chi connectivity index (χ3v) is 5.36. The number of carbonyl (C=O) groups excluding carboxylic acids is 2. The summed E-state index contributed by atoms with van der Waals surface area (Å²) in [6, 6.07) is 6.41. The summed E-state index contributed by atoms with van der Waals surface area (Å²) in [5, 5.41) is 2.71. The number of nitrogens with zero attached hydrogens (tertiary/aromatic N) is 3. The van der Waals surface area contributed by atoms with Crippen molar-refractivity contribution in [3.63, 3.8) is 0 Å². The highest BCUT2D eigenvalue weighted by molar-refractivity contribution is 6.02. The largest absolute Gasteiger partial charge is 0.489 e. The van der Waals surface area contributed by atoms with Crippen LogP contribution in [0.1, 0.15) is 42.1 Å². The molecule has 0 bridgehead atoms. The number of benzene rings is 1. The monoisotopic (exact) mass is 382 g/mol. The summed E-state index contributed by atoms with van der Waals surface area (Å²) in [6.07, 6.45) is 2.35. The Morgan fingerprint density at radius 2 is 2.18 bits per heavy atom. The van der Waals surface area contributed by atoms with Crippen LogP contribution in [0.15, 0.2) is 30.5 Å². The van der Waals surface area contributed by atoms with Gasteiger partial charge < -0.3 is 19.7 Å². The van der Waals surface area contributed by atoms with Crippen LogP contribution < -0.4 is 15.0 Å².